The van der Waals surface area contributed by atoms with Crippen molar-refractivity contribution in [2.24, 2.45) is 0 Å². The summed E-state index contributed by atoms with van der Waals surface area (Å²) >= 11 is 0. The zero-order valence-electron chi connectivity index (χ0n) is 15.8. The molecule has 1 fully saturated rings. The van der Waals surface area contributed by atoms with E-state index in [4.69, 9.17) is 0 Å². The van der Waals surface area contributed by atoms with E-state index in [9.17, 15) is 9.59 Å². The highest BCUT2D eigenvalue weighted by molar-refractivity contribution is 5.94. The van der Waals surface area contributed by atoms with Gasteiger partial charge in [-0.1, -0.05) is 12.1 Å². The number of aromatic nitrogens is 3. The Morgan fingerprint density at radius 3 is 2.79 bits per heavy atom. The molecule has 4 rings (SSSR count). The van der Waals surface area contributed by atoms with E-state index >= 15 is 0 Å². The number of rotatable bonds is 3. The number of nitrogens with zero attached hydrogens (tertiary/aromatic N) is 3. The number of benzene rings is 1. The number of H-pyrrole nitrogens is 1. The van der Waals surface area contributed by atoms with Crippen LogP contribution in [0, 0.1) is 6.92 Å². The molecule has 1 atom stereocenters. The minimum atomic E-state index is -0.157. The topological polar surface area (TPSA) is 79.0 Å². The fraction of sp³-hybridized carbons (Fsp3) is 0.273. The first-order chi connectivity index (χ1) is 13.6. The molecule has 1 aromatic carbocycles. The zero-order valence-corrected chi connectivity index (χ0v) is 15.8. The lowest BCUT2D eigenvalue weighted by atomic mass is 9.94. The van der Waals surface area contributed by atoms with Gasteiger partial charge in [0.15, 0.2) is 0 Å². The quantitative estimate of drug-likeness (QED) is 0.764. The number of carbonyl (C=O) groups is 1. The molecule has 6 heteroatoms. The van der Waals surface area contributed by atoms with Crippen LogP contribution in [0.4, 0.5) is 0 Å². The number of aryl methyl sites for hydroxylation is 1. The summed E-state index contributed by atoms with van der Waals surface area (Å²) < 4.78 is 0. The van der Waals surface area contributed by atoms with Crippen molar-refractivity contribution < 1.29 is 4.79 Å². The minimum Gasteiger partial charge on any atom is -0.338 e. The molecule has 142 valence electrons. The van der Waals surface area contributed by atoms with Crippen molar-refractivity contribution in [2.75, 3.05) is 13.1 Å². The van der Waals surface area contributed by atoms with Crippen LogP contribution in [-0.4, -0.2) is 38.8 Å². The van der Waals surface area contributed by atoms with Gasteiger partial charge in [0.1, 0.15) is 0 Å². The highest BCUT2D eigenvalue weighted by Gasteiger charge is 2.26. The van der Waals surface area contributed by atoms with Gasteiger partial charge in [-0.2, -0.15) is 0 Å². The average molecular weight is 374 g/mol. The highest BCUT2D eigenvalue weighted by atomic mass is 16.2. The molecule has 1 aliphatic rings. The van der Waals surface area contributed by atoms with E-state index in [1.54, 1.807) is 6.20 Å². The van der Waals surface area contributed by atoms with Crippen LogP contribution < -0.4 is 5.56 Å². The minimum absolute atomic E-state index is 0.0209. The molecule has 0 spiro atoms. The summed E-state index contributed by atoms with van der Waals surface area (Å²) in [7, 11) is 0. The first kappa shape index (κ1) is 18.1. The number of pyridine rings is 1. The Balaban J connectivity index is 1.51. The maximum atomic E-state index is 13.0. The number of amides is 1. The van der Waals surface area contributed by atoms with E-state index in [2.05, 4.69) is 15.0 Å². The van der Waals surface area contributed by atoms with Crippen LogP contribution in [0.1, 0.15) is 40.4 Å². The fourth-order valence-corrected chi connectivity index (χ4v) is 3.78. The summed E-state index contributed by atoms with van der Waals surface area (Å²) in [5, 5.41) is 0. The van der Waals surface area contributed by atoms with E-state index in [0.29, 0.717) is 12.1 Å². The number of hydrogen-bond donors (Lipinski definition) is 1. The maximum Gasteiger partial charge on any atom is 0.253 e. The van der Waals surface area contributed by atoms with Gasteiger partial charge in [0.25, 0.3) is 11.5 Å². The van der Waals surface area contributed by atoms with Gasteiger partial charge < -0.3 is 9.88 Å². The van der Waals surface area contributed by atoms with E-state index in [0.717, 1.165) is 41.8 Å². The number of carbonyl (C=O) groups excluding carboxylic acids is 1. The van der Waals surface area contributed by atoms with Crippen molar-refractivity contribution in [3.8, 4) is 11.1 Å². The predicted molar refractivity (Wildman–Crippen MR) is 107 cm³/mol. The Morgan fingerprint density at radius 2 is 2.04 bits per heavy atom. The van der Waals surface area contributed by atoms with E-state index in [1.165, 1.54) is 12.4 Å². The summed E-state index contributed by atoms with van der Waals surface area (Å²) in [6, 6.07) is 11.2. The van der Waals surface area contributed by atoms with Gasteiger partial charge in [-0.05, 0) is 54.7 Å². The van der Waals surface area contributed by atoms with Gasteiger partial charge in [0.05, 0.1) is 12.0 Å². The smallest absolute Gasteiger partial charge is 0.253 e. The van der Waals surface area contributed by atoms with Crippen LogP contribution >= 0.6 is 0 Å². The van der Waals surface area contributed by atoms with Gasteiger partial charge in [-0.25, -0.2) is 4.98 Å². The normalized spacial score (nSPS) is 16.8. The predicted octanol–water partition coefficient (Wildman–Crippen LogP) is 3.16. The lowest BCUT2D eigenvalue weighted by Gasteiger charge is -2.32. The lowest BCUT2D eigenvalue weighted by molar-refractivity contribution is 0.0706. The fourth-order valence-electron chi connectivity index (χ4n) is 3.78. The Bertz CT molecular complexity index is 1040. The second-order valence-corrected chi connectivity index (χ2v) is 7.19. The third-order valence-electron chi connectivity index (χ3n) is 5.29. The molecule has 6 nitrogen and oxygen atoms in total. The SMILES string of the molecule is Cc1cnccc1-c1ccc(C(=O)N2CCC[C@H](c3cc(=O)[nH]cn3)C2)cc1. The van der Waals surface area contributed by atoms with Crippen LogP contribution in [0.25, 0.3) is 11.1 Å². The van der Waals surface area contributed by atoms with E-state index in [1.807, 2.05) is 48.4 Å². The lowest BCUT2D eigenvalue weighted by Crippen LogP contribution is -2.39. The molecule has 3 heterocycles. The van der Waals surface area contributed by atoms with Crippen molar-refractivity contribution in [1.82, 2.24) is 19.9 Å². The molecule has 3 aromatic rings. The van der Waals surface area contributed by atoms with Gasteiger partial charge >= 0.3 is 0 Å². The average Bonchev–Trinajstić information content (AvgIpc) is 2.74. The van der Waals surface area contributed by atoms with Crippen molar-refractivity contribution in [1.29, 1.82) is 0 Å². The number of likely N-dealkylation sites (tertiary alicyclic amines) is 1. The molecular formula is C22H22N4O2. The molecule has 1 amide bonds. The van der Waals surface area contributed by atoms with Crippen molar-refractivity contribution in [3.63, 3.8) is 0 Å². The Labute approximate surface area is 163 Å². The van der Waals surface area contributed by atoms with Crippen LogP contribution in [0.5, 0.6) is 0 Å². The van der Waals surface area contributed by atoms with Crippen LogP contribution in [0.15, 0.2) is 59.9 Å². The Morgan fingerprint density at radius 1 is 1.21 bits per heavy atom. The van der Waals surface area contributed by atoms with Gasteiger partial charge in [-0.15, -0.1) is 0 Å². The first-order valence-electron chi connectivity index (χ1n) is 9.47. The molecule has 0 radical (unpaired) electrons. The van der Waals surface area contributed by atoms with Crippen LogP contribution in [0.2, 0.25) is 0 Å². The van der Waals surface area contributed by atoms with Gasteiger partial charge in [-0.3, -0.25) is 14.6 Å². The number of hydrogen-bond acceptors (Lipinski definition) is 4. The summed E-state index contributed by atoms with van der Waals surface area (Å²) in [4.78, 5) is 37.4. The standard InChI is InChI=1S/C22H22N4O2/c1-15-12-23-9-8-19(15)16-4-6-17(7-5-16)22(28)26-10-2-3-18(13-26)20-11-21(27)25-14-24-20/h4-9,11-12,14,18H,2-3,10,13H2,1H3,(H,24,25,27)/t18-/m0/s1. The Kier molecular flexibility index (Phi) is 5.02. The summed E-state index contributed by atoms with van der Waals surface area (Å²) in [5.41, 5.74) is 4.56. The van der Waals surface area contributed by atoms with Crippen LogP contribution in [0.3, 0.4) is 0 Å². The van der Waals surface area contributed by atoms with Gasteiger partial charge in [0.2, 0.25) is 0 Å². The van der Waals surface area contributed by atoms with Crippen LogP contribution in [-0.2, 0) is 0 Å². The second kappa shape index (κ2) is 7.76. The molecule has 0 bridgehead atoms. The van der Waals surface area contributed by atoms with Gasteiger partial charge in [0, 0.05) is 43.0 Å². The summed E-state index contributed by atoms with van der Waals surface area (Å²) in [5.74, 6) is 0.117. The molecule has 28 heavy (non-hydrogen) atoms. The number of aromatic amines is 1. The summed E-state index contributed by atoms with van der Waals surface area (Å²) in [6.45, 7) is 3.34. The summed E-state index contributed by atoms with van der Waals surface area (Å²) in [6.07, 6.45) is 6.88. The molecule has 1 N–H and O–H groups in total. The Hall–Kier alpha value is -3.28. The largest absolute Gasteiger partial charge is 0.338 e. The molecule has 0 unspecified atom stereocenters. The molecule has 0 aliphatic carbocycles. The number of nitrogens with one attached hydrogen (secondary N) is 1. The third-order valence-corrected chi connectivity index (χ3v) is 5.29. The highest BCUT2D eigenvalue weighted by Crippen LogP contribution is 2.27. The molecule has 0 saturated carbocycles. The second-order valence-electron chi connectivity index (χ2n) is 7.19. The van der Waals surface area contributed by atoms with Crippen molar-refractivity contribution >= 4 is 5.91 Å². The zero-order chi connectivity index (χ0) is 19.5. The van der Waals surface area contributed by atoms with Crippen molar-refractivity contribution in [3.05, 3.63) is 82.3 Å². The molecular weight excluding hydrogens is 352 g/mol. The monoisotopic (exact) mass is 374 g/mol. The molecule has 1 saturated heterocycles. The first-order valence-corrected chi connectivity index (χ1v) is 9.47. The third kappa shape index (κ3) is 3.71. The molecule has 1 aliphatic heterocycles. The molecule has 2 aromatic heterocycles. The van der Waals surface area contributed by atoms with E-state index < -0.39 is 0 Å². The number of piperidine rings is 1. The van der Waals surface area contributed by atoms with Crippen molar-refractivity contribution in [2.45, 2.75) is 25.7 Å². The maximum absolute atomic E-state index is 13.0. The van der Waals surface area contributed by atoms with E-state index in [-0.39, 0.29) is 17.4 Å².